The van der Waals surface area contributed by atoms with Crippen molar-refractivity contribution in [2.45, 2.75) is 0 Å². The molecule has 4 heavy (non-hydrogen) atoms. The SMILES string of the molecule is [Co].[Cr].[Ge].[Mn]. The summed E-state index contributed by atoms with van der Waals surface area (Å²) in [6.45, 7) is 0. The van der Waals surface area contributed by atoms with E-state index in [-0.39, 0.29) is 68.8 Å². The molecule has 0 atom stereocenters. The van der Waals surface area contributed by atoms with Crippen LogP contribution in [0, 0.1) is 0 Å². The standard InChI is InChI=1S/Co.Cr.Ge.Mn. The van der Waals surface area contributed by atoms with Crippen LogP contribution in [0.3, 0.4) is 0 Å². The van der Waals surface area contributed by atoms with Gasteiger partial charge in [0, 0.05) is 68.8 Å². The minimum absolute atomic E-state index is 0. The van der Waals surface area contributed by atoms with Crippen molar-refractivity contribution in [2.24, 2.45) is 0 Å². The molecule has 0 aromatic heterocycles. The zero-order chi connectivity index (χ0) is 0. The molecule has 0 fully saturated rings. The molecule has 0 rings (SSSR count). The first-order chi connectivity index (χ1) is 0. The number of hydrogen-bond acceptors (Lipinski definition) is 0. The van der Waals surface area contributed by atoms with Crippen LogP contribution in [0.2, 0.25) is 0 Å². The second-order valence-electron chi connectivity index (χ2n) is 0. The molecular weight excluding hydrogens is 238 g/mol. The summed E-state index contributed by atoms with van der Waals surface area (Å²) in [6.07, 6.45) is 0. The summed E-state index contributed by atoms with van der Waals surface area (Å²) in [5.74, 6) is 0. The third kappa shape index (κ3) is 8.93. The van der Waals surface area contributed by atoms with Gasteiger partial charge in [-0.3, -0.25) is 0 Å². The second kappa shape index (κ2) is 19.4. The summed E-state index contributed by atoms with van der Waals surface area (Å²) in [7, 11) is 0. The Morgan fingerprint density at radius 1 is 1.00 bits per heavy atom. The molecule has 0 N–H and O–H groups in total. The van der Waals surface area contributed by atoms with Gasteiger partial charge < -0.3 is 0 Å². The summed E-state index contributed by atoms with van der Waals surface area (Å²) in [6, 6.07) is 0. The summed E-state index contributed by atoms with van der Waals surface area (Å²) in [5.41, 5.74) is 0. The Hall–Kier alpha value is 2.10. The molecule has 0 spiro atoms. The Kier molecular flexibility index (Phi) is 175. The van der Waals surface area contributed by atoms with E-state index in [4.69, 9.17) is 0 Å². The summed E-state index contributed by atoms with van der Waals surface area (Å²) < 4.78 is 0. The molecular formula is CoCrGeMn. The molecule has 0 aromatic rings. The van der Waals surface area contributed by atoms with Gasteiger partial charge in [0.05, 0.1) is 0 Å². The van der Waals surface area contributed by atoms with E-state index in [0.29, 0.717) is 0 Å². The topological polar surface area (TPSA) is 0 Å². The van der Waals surface area contributed by atoms with Crippen LogP contribution < -0.4 is 0 Å². The monoisotopic (exact) mass is 240 g/mol. The fourth-order valence-electron chi connectivity index (χ4n) is 0. The molecule has 0 saturated carbocycles. The molecule has 0 saturated heterocycles. The normalized spacial score (nSPS) is 0. The van der Waals surface area contributed by atoms with Gasteiger partial charge in [0.2, 0.25) is 0 Å². The van der Waals surface area contributed by atoms with Crippen LogP contribution in [0.5, 0.6) is 0 Å². The minimum atomic E-state index is 0. The molecule has 0 amide bonds. The van der Waals surface area contributed by atoms with Crippen molar-refractivity contribution >= 4 is 17.6 Å². The molecule has 0 aliphatic rings. The number of rotatable bonds is 0. The third-order valence-corrected chi connectivity index (χ3v) is 0. The van der Waals surface area contributed by atoms with E-state index >= 15 is 0 Å². The quantitative estimate of drug-likeness (QED) is 0.505. The van der Waals surface area contributed by atoms with Crippen molar-refractivity contribution in [3.63, 3.8) is 0 Å². The van der Waals surface area contributed by atoms with E-state index in [1.807, 2.05) is 0 Å². The first-order valence-corrected chi connectivity index (χ1v) is 0. The maximum Gasteiger partial charge on any atom is 0 e. The van der Waals surface area contributed by atoms with Crippen LogP contribution in [-0.4, -0.2) is 17.6 Å². The summed E-state index contributed by atoms with van der Waals surface area (Å²) in [5, 5.41) is 0. The summed E-state index contributed by atoms with van der Waals surface area (Å²) in [4.78, 5) is 0. The Morgan fingerprint density at radius 3 is 1.00 bits per heavy atom. The van der Waals surface area contributed by atoms with Gasteiger partial charge >= 0.3 is 0 Å². The molecule has 0 aliphatic carbocycles. The van der Waals surface area contributed by atoms with Gasteiger partial charge in [0.25, 0.3) is 0 Å². The first kappa shape index (κ1) is 36.0. The molecule has 0 aromatic carbocycles. The Labute approximate surface area is 68.3 Å². The first-order valence-electron chi connectivity index (χ1n) is 0. The average Bonchev–Trinajstić information content (AvgIpc) is 0. The van der Waals surface area contributed by atoms with Crippen molar-refractivity contribution in [3.05, 3.63) is 0 Å². The van der Waals surface area contributed by atoms with E-state index in [1.54, 1.807) is 0 Å². The van der Waals surface area contributed by atoms with Crippen molar-refractivity contribution in [1.82, 2.24) is 0 Å². The smallest absolute Gasteiger partial charge is 0 e. The maximum atomic E-state index is 0. The van der Waals surface area contributed by atoms with Gasteiger partial charge in [-0.15, -0.1) is 0 Å². The number of hydrogen-bond donors (Lipinski definition) is 0. The van der Waals surface area contributed by atoms with E-state index in [0.717, 1.165) is 0 Å². The van der Waals surface area contributed by atoms with E-state index in [2.05, 4.69) is 0 Å². The molecule has 0 bridgehead atoms. The summed E-state index contributed by atoms with van der Waals surface area (Å²) >= 11 is 0. The second-order valence-corrected chi connectivity index (χ2v) is 0. The molecule has 26 valence electrons. The van der Waals surface area contributed by atoms with Crippen LogP contribution in [0.15, 0.2) is 0 Å². The largest absolute Gasteiger partial charge is 0 e. The van der Waals surface area contributed by atoms with Gasteiger partial charge in [-0.2, -0.15) is 0 Å². The van der Waals surface area contributed by atoms with Gasteiger partial charge in [-0.25, -0.2) is 0 Å². The van der Waals surface area contributed by atoms with Gasteiger partial charge in [0.1, 0.15) is 0 Å². The Balaban J connectivity index is 0. The van der Waals surface area contributed by atoms with Crippen LogP contribution in [0.4, 0.5) is 0 Å². The van der Waals surface area contributed by atoms with Crippen LogP contribution in [0.1, 0.15) is 0 Å². The third-order valence-electron chi connectivity index (χ3n) is 0. The van der Waals surface area contributed by atoms with Crippen molar-refractivity contribution in [3.8, 4) is 0 Å². The zero-order valence-electron chi connectivity index (χ0n) is 1.62. The Bertz CT molecular complexity index is 8.00. The van der Waals surface area contributed by atoms with Gasteiger partial charge in [-0.05, 0) is 0 Å². The molecule has 4 heteroatoms. The molecule has 0 unspecified atom stereocenters. The molecule has 0 nitrogen and oxygen atoms in total. The van der Waals surface area contributed by atoms with Crippen molar-refractivity contribution < 1.29 is 51.2 Å². The van der Waals surface area contributed by atoms with E-state index in [1.165, 1.54) is 0 Å². The maximum absolute atomic E-state index is 0. The predicted octanol–water partition coefficient (Wildman–Crippen LogP) is -0.388. The van der Waals surface area contributed by atoms with Crippen LogP contribution in [-0.2, 0) is 51.2 Å². The fourth-order valence-corrected chi connectivity index (χ4v) is 0. The van der Waals surface area contributed by atoms with Gasteiger partial charge in [-0.1, -0.05) is 0 Å². The van der Waals surface area contributed by atoms with Crippen molar-refractivity contribution in [1.29, 1.82) is 0 Å². The fraction of sp³-hybridized carbons (Fsp3) is 0. The van der Waals surface area contributed by atoms with Gasteiger partial charge in [0.15, 0.2) is 0 Å². The Morgan fingerprint density at radius 2 is 1.00 bits per heavy atom. The molecule has 6 radical (unpaired) electrons. The molecule has 0 heterocycles. The average molecular weight is 238 g/mol. The van der Waals surface area contributed by atoms with Crippen LogP contribution >= 0.6 is 0 Å². The molecule has 0 aliphatic heterocycles. The minimum Gasteiger partial charge on any atom is 0 e. The van der Waals surface area contributed by atoms with Crippen molar-refractivity contribution in [2.75, 3.05) is 0 Å². The predicted molar refractivity (Wildman–Crippen MR) is 5.75 cm³/mol. The van der Waals surface area contributed by atoms with Crippen LogP contribution in [0.25, 0.3) is 0 Å². The van der Waals surface area contributed by atoms with E-state index < -0.39 is 0 Å². The zero-order valence-corrected chi connectivity index (χ0v) is 7.21. The van der Waals surface area contributed by atoms with E-state index in [9.17, 15) is 0 Å².